The second kappa shape index (κ2) is 4.89. The number of fused-ring (bicyclic) bond motifs is 1. The molecule has 19 heavy (non-hydrogen) atoms. The molecule has 100 valence electrons. The van der Waals surface area contributed by atoms with Crippen molar-refractivity contribution < 1.29 is 9.53 Å². The largest absolute Gasteiger partial charge is 0.489 e. The van der Waals surface area contributed by atoms with E-state index in [0.717, 1.165) is 23.6 Å². The average Bonchev–Trinajstić information content (AvgIpc) is 2.99. The number of para-hydroxylation sites is 1. The summed E-state index contributed by atoms with van der Waals surface area (Å²) in [6.45, 7) is 4.93. The van der Waals surface area contributed by atoms with Crippen molar-refractivity contribution in [1.29, 1.82) is 0 Å². The number of carbonyl (C=O) groups excluding carboxylic acids is 1. The molecule has 0 saturated carbocycles. The number of nitrogens with zero attached hydrogens (tertiary/aromatic N) is 1. The van der Waals surface area contributed by atoms with Crippen LogP contribution in [0, 0.1) is 0 Å². The van der Waals surface area contributed by atoms with Crippen molar-refractivity contribution in [2.75, 3.05) is 12.3 Å². The van der Waals surface area contributed by atoms with Crippen LogP contribution < -0.4 is 10.1 Å². The highest BCUT2D eigenvalue weighted by Crippen LogP contribution is 2.40. The quantitative estimate of drug-likeness (QED) is 0.857. The minimum atomic E-state index is -0.133. The lowest BCUT2D eigenvalue weighted by atomic mass is 9.97. The van der Waals surface area contributed by atoms with E-state index < -0.39 is 0 Å². The van der Waals surface area contributed by atoms with E-state index in [1.807, 2.05) is 19.1 Å². The smallest absolute Gasteiger partial charge is 0.260 e. The molecule has 0 radical (unpaired) electrons. The van der Waals surface area contributed by atoms with Crippen molar-refractivity contribution in [3.05, 3.63) is 29.3 Å². The van der Waals surface area contributed by atoms with Crippen molar-refractivity contribution in [3.8, 4) is 5.75 Å². The first-order valence-corrected chi connectivity index (χ1v) is 7.43. The van der Waals surface area contributed by atoms with Crippen LogP contribution in [0.5, 0.6) is 5.75 Å². The summed E-state index contributed by atoms with van der Waals surface area (Å²) in [5.74, 6) is 1.85. The molecule has 1 N–H and O–H groups in total. The molecule has 1 aromatic rings. The molecule has 2 aliphatic rings. The van der Waals surface area contributed by atoms with Gasteiger partial charge >= 0.3 is 0 Å². The van der Waals surface area contributed by atoms with Crippen LogP contribution in [0.25, 0.3) is 0 Å². The summed E-state index contributed by atoms with van der Waals surface area (Å²) >= 11 is 1.58. The Morgan fingerprint density at radius 2 is 2.32 bits per heavy atom. The number of carbonyl (C=O) groups is 1. The van der Waals surface area contributed by atoms with Gasteiger partial charge in [-0.25, -0.2) is 0 Å². The number of aliphatic imine (C=N–C) groups is 1. The lowest BCUT2D eigenvalue weighted by Crippen LogP contribution is -2.27. The van der Waals surface area contributed by atoms with Gasteiger partial charge in [0.25, 0.3) is 5.91 Å². The van der Waals surface area contributed by atoms with E-state index in [4.69, 9.17) is 4.74 Å². The zero-order chi connectivity index (χ0) is 13.4. The third-order valence-corrected chi connectivity index (χ3v) is 4.49. The van der Waals surface area contributed by atoms with Gasteiger partial charge in [0.1, 0.15) is 11.9 Å². The molecule has 2 heterocycles. The zero-order valence-electron chi connectivity index (χ0n) is 11.0. The van der Waals surface area contributed by atoms with Crippen LogP contribution in [-0.2, 0) is 0 Å². The first-order chi connectivity index (χ1) is 9.16. The second-order valence-electron chi connectivity index (χ2n) is 4.83. The number of amidine groups is 1. The molecule has 4 nitrogen and oxygen atoms in total. The maximum atomic E-state index is 12.3. The predicted molar refractivity (Wildman–Crippen MR) is 77.2 cm³/mol. The number of thioether (sulfide) groups is 1. The summed E-state index contributed by atoms with van der Waals surface area (Å²) in [4.78, 5) is 16.5. The SMILES string of the molecule is C[C@@H]1c2cccc(C(=O)NC3=NCCS3)c2O[C@@H]1C. The number of benzene rings is 1. The molecule has 0 bridgehead atoms. The fraction of sp³-hybridized carbons (Fsp3) is 0.429. The van der Waals surface area contributed by atoms with E-state index >= 15 is 0 Å². The number of nitrogens with one attached hydrogen (secondary N) is 1. The minimum Gasteiger partial charge on any atom is -0.489 e. The van der Waals surface area contributed by atoms with Crippen LogP contribution in [0.3, 0.4) is 0 Å². The molecule has 2 aliphatic heterocycles. The van der Waals surface area contributed by atoms with Gasteiger partial charge in [0.2, 0.25) is 0 Å². The molecule has 0 unspecified atom stereocenters. The maximum absolute atomic E-state index is 12.3. The van der Waals surface area contributed by atoms with E-state index in [9.17, 15) is 4.79 Å². The van der Waals surface area contributed by atoms with Gasteiger partial charge < -0.3 is 10.1 Å². The molecule has 0 aliphatic carbocycles. The predicted octanol–water partition coefficient (Wildman–Crippen LogP) is 2.40. The van der Waals surface area contributed by atoms with Gasteiger partial charge in [-0.05, 0) is 13.0 Å². The number of ether oxygens (including phenoxy) is 1. The van der Waals surface area contributed by atoms with Crippen molar-refractivity contribution in [2.45, 2.75) is 25.9 Å². The second-order valence-corrected chi connectivity index (χ2v) is 5.91. The van der Waals surface area contributed by atoms with Crippen molar-refractivity contribution >= 4 is 22.8 Å². The standard InChI is InChI=1S/C14H16N2O2S/c1-8-9(2)18-12-10(8)4-3-5-11(12)13(17)16-14-15-6-7-19-14/h3-5,8-9H,6-7H2,1-2H3,(H,15,16,17)/t8-,9+/m0/s1. The molecule has 1 aromatic carbocycles. The molecule has 0 fully saturated rings. The summed E-state index contributed by atoms with van der Waals surface area (Å²) in [7, 11) is 0. The van der Waals surface area contributed by atoms with Gasteiger partial charge in [-0.1, -0.05) is 30.8 Å². The van der Waals surface area contributed by atoms with Gasteiger partial charge in [0, 0.05) is 17.2 Å². The molecule has 2 atom stereocenters. The normalized spacial score (nSPS) is 24.6. The Balaban J connectivity index is 1.88. The first kappa shape index (κ1) is 12.5. The Morgan fingerprint density at radius 3 is 3.05 bits per heavy atom. The highest BCUT2D eigenvalue weighted by molar-refractivity contribution is 8.14. The van der Waals surface area contributed by atoms with E-state index in [0.29, 0.717) is 16.6 Å². The zero-order valence-corrected chi connectivity index (χ0v) is 11.8. The number of hydrogen-bond acceptors (Lipinski definition) is 4. The molecule has 3 rings (SSSR count). The molecular weight excluding hydrogens is 260 g/mol. The van der Waals surface area contributed by atoms with E-state index in [-0.39, 0.29) is 12.0 Å². The topological polar surface area (TPSA) is 50.7 Å². The van der Waals surface area contributed by atoms with E-state index in [1.165, 1.54) is 0 Å². The Kier molecular flexibility index (Phi) is 3.22. The van der Waals surface area contributed by atoms with Crippen molar-refractivity contribution in [3.63, 3.8) is 0 Å². The molecule has 5 heteroatoms. The van der Waals surface area contributed by atoms with Gasteiger partial charge in [-0.2, -0.15) is 0 Å². The number of rotatable bonds is 1. The summed E-state index contributed by atoms with van der Waals surface area (Å²) < 4.78 is 5.83. The summed E-state index contributed by atoms with van der Waals surface area (Å²) in [5.41, 5.74) is 1.71. The third-order valence-electron chi connectivity index (χ3n) is 3.59. The highest BCUT2D eigenvalue weighted by atomic mass is 32.2. The Bertz CT molecular complexity index is 556. The highest BCUT2D eigenvalue weighted by Gasteiger charge is 2.31. The fourth-order valence-corrected chi connectivity index (χ4v) is 3.06. The Morgan fingerprint density at radius 1 is 1.47 bits per heavy atom. The van der Waals surface area contributed by atoms with Gasteiger partial charge in [-0.15, -0.1) is 0 Å². The Hall–Kier alpha value is -1.49. The lowest BCUT2D eigenvalue weighted by Gasteiger charge is -2.09. The van der Waals surface area contributed by atoms with Crippen LogP contribution in [0.15, 0.2) is 23.2 Å². The number of amides is 1. The van der Waals surface area contributed by atoms with Crippen LogP contribution in [0.4, 0.5) is 0 Å². The van der Waals surface area contributed by atoms with Crippen molar-refractivity contribution in [2.24, 2.45) is 4.99 Å². The van der Waals surface area contributed by atoms with Gasteiger partial charge in [0.15, 0.2) is 5.17 Å². The monoisotopic (exact) mass is 276 g/mol. The van der Waals surface area contributed by atoms with E-state index in [2.05, 4.69) is 17.2 Å². The Labute approximate surface area is 116 Å². The average molecular weight is 276 g/mol. The molecule has 0 spiro atoms. The van der Waals surface area contributed by atoms with Crippen LogP contribution in [-0.4, -0.2) is 29.5 Å². The van der Waals surface area contributed by atoms with Crippen LogP contribution >= 0.6 is 11.8 Å². The molecule has 0 aromatic heterocycles. The van der Waals surface area contributed by atoms with Gasteiger partial charge in [-0.3, -0.25) is 9.79 Å². The van der Waals surface area contributed by atoms with Gasteiger partial charge in [0.05, 0.1) is 12.1 Å². The van der Waals surface area contributed by atoms with Crippen LogP contribution in [0.2, 0.25) is 0 Å². The molecule has 1 amide bonds. The molecule has 0 saturated heterocycles. The maximum Gasteiger partial charge on any atom is 0.260 e. The minimum absolute atomic E-state index is 0.113. The van der Waals surface area contributed by atoms with Crippen LogP contribution in [0.1, 0.15) is 35.7 Å². The summed E-state index contributed by atoms with van der Waals surface area (Å²) in [6.07, 6.45) is 0.113. The summed E-state index contributed by atoms with van der Waals surface area (Å²) in [5, 5.41) is 3.56. The fourth-order valence-electron chi connectivity index (χ4n) is 2.34. The van der Waals surface area contributed by atoms with Crippen molar-refractivity contribution in [1.82, 2.24) is 5.32 Å². The third kappa shape index (κ3) is 2.23. The van der Waals surface area contributed by atoms with E-state index in [1.54, 1.807) is 17.8 Å². The number of hydrogen-bond donors (Lipinski definition) is 1. The lowest BCUT2D eigenvalue weighted by molar-refractivity contribution is 0.0973. The first-order valence-electron chi connectivity index (χ1n) is 6.45. The molecular formula is C14H16N2O2S. The summed E-state index contributed by atoms with van der Waals surface area (Å²) in [6, 6.07) is 5.75.